The average Bonchev–Trinajstić information content (AvgIpc) is 2.93. The van der Waals surface area contributed by atoms with Crippen LogP contribution in [0.4, 0.5) is 5.69 Å². The first-order valence-corrected chi connectivity index (χ1v) is 6.60. The smallest absolute Gasteiger partial charge is 0.0991 e. The summed E-state index contributed by atoms with van der Waals surface area (Å²) in [6, 6.07) is 8.55. The lowest BCUT2D eigenvalue weighted by Gasteiger charge is -2.49. The predicted octanol–water partition coefficient (Wildman–Crippen LogP) is 2.44. The number of imidazole rings is 1. The molecule has 4 heteroatoms. The Morgan fingerprint density at radius 3 is 2.89 bits per heavy atom. The number of hydrogen-bond donors (Lipinski definition) is 2. The highest BCUT2D eigenvalue weighted by molar-refractivity contribution is 5.52. The molecule has 0 aliphatic heterocycles. The number of rotatable bonds is 3. The summed E-state index contributed by atoms with van der Waals surface area (Å²) in [7, 11) is 0. The second-order valence-electron chi connectivity index (χ2n) is 5.79. The van der Waals surface area contributed by atoms with Gasteiger partial charge in [-0.25, -0.2) is 4.98 Å². The zero-order valence-electron chi connectivity index (χ0n) is 11.2. The topological polar surface area (TPSA) is 50.1 Å². The Balaban J connectivity index is 1.78. The van der Waals surface area contributed by atoms with Crippen LogP contribution in [0.5, 0.6) is 0 Å². The van der Waals surface area contributed by atoms with E-state index >= 15 is 0 Å². The highest BCUT2D eigenvalue weighted by Crippen LogP contribution is 2.42. The van der Waals surface area contributed by atoms with Gasteiger partial charge in [-0.2, -0.15) is 0 Å². The van der Waals surface area contributed by atoms with Gasteiger partial charge in [-0.1, -0.05) is 19.9 Å². The van der Waals surface area contributed by atoms with E-state index in [1.54, 1.807) is 12.5 Å². The van der Waals surface area contributed by atoms with E-state index in [1.165, 1.54) is 0 Å². The van der Waals surface area contributed by atoms with Gasteiger partial charge >= 0.3 is 0 Å². The largest absolute Gasteiger partial charge is 0.392 e. The van der Waals surface area contributed by atoms with Crippen LogP contribution in [0.2, 0.25) is 0 Å². The summed E-state index contributed by atoms with van der Waals surface area (Å²) >= 11 is 0. The van der Waals surface area contributed by atoms with Crippen molar-refractivity contribution in [1.82, 2.24) is 9.55 Å². The number of hydrogen-bond acceptors (Lipinski definition) is 3. The predicted molar refractivity (Wildman–Crippen MR) is 75.4 cm³/mol. The van der Waals surface area contributed by atoms with Crippen LogP contribution in [-0.4, -0.2) is 26.8 Å². The van der Waals surface area contributed by atoms with Gasteiger partial charge in [-0.05, 0) is 24.6 Å². The van der Waals surface area contributed by atoms with E-state index in [-0.39, 0.29) is 11.5 Å². The van der Waals surface area contributed by atoms with Crippen molar-refractivity contribution in [2.45, 2.75) is 32.4 Å². The van der Waals surface area contributed by atoms with Gasteiger partial charge in [0.2, 0.25) is 0 Å². The van der Waals surface area contributed by atoms with E-state index in [9.17, 15) is 5.11 Å². The van der Waals surface area contributed by atoms with E-state index in [0.717, 1.165) is 17.8 Å². The van der Waals surface area contributed by atoms with Gasteiger partial charge in [0.1, 0.15) is 0 Å². The molecule has 0 radical (unpaired) electrons. The fourth-order valence-corrected chi connectivity index (χ4v) is 2.52. The van der Waals surface area contributed by atoms with Crippen LogP contribution >= 0.6 is 0 Å². The van der Waals surface area contributed by atoms with Crippen molar-refractivity contribution in [2.75, 3.05) is 5.32 Å². The maximum Gasteiger partial charge on any atom is 0.0991 e. The fourth-order valence-electron chi connectivity index (χ4n) is 2.52. The molecule has 1 aliphatic rings. The SMILES string of the molecule is CC1(C)C(O)CC1Nc1cccc(-n2ccnc2)c1. The van der Waals surface area contributed by atoms with Gasteiger partial charge in [0.25, 0.3) is 0 Å². The minimum Gasteiger partial charge on any atom is -0.392 e. The van der Waals surface area contributed by atoms with Crippen molar-refractivity contribution >= 4 is 5.69 Å². The molecule has 19 heavy (non-hydrogen) atoms. The number of aliphatic hydroxyl groups excluding tert-OH is 1. The standard InChI is InChI=1S/C15H19N3O/c1-15(2)13(9-14(15)19)17-11-4-3-5-12(8-11)18-7-6-16-10-18/h3-8,10,13-14,17,19H,9H2,1-2H3. The molecular weight excluding hydrogens is 238 g/mol. The van der Waals surface area contributed by atoms with E-state index < -0.39 is 0 Å². The molecule has 0 saturated heterocycles. The molecule has 4 nitrogen and oxygen atoms in total. The van der Waals surface area contributed by atoms with Gasteiger partial charge in [0, 0.05) is 35.2 Å². The van der Waals surface area contributed by atoms with E-state index in [4.69, 9.17) is 0 Å². The summed E-state index contributed by atoms with van der Waals surface area (Å²) in [5.41, 5.74) is 2.10. The van der Waals surface area contributed by atoms with Crippen molar-refractivity contribution in [3.63, 3.8) is 0 Å². The van der Waals surface area contributed by atoms with E-state index in [0.29, 0.717) is 6.04 Å². The Hall–Kier alpha value is -1.81. The van der Waals surface area contributed by atoms with Crippen LogP contribution in [-0.2, 0) is 0 Å². The molecule has 0 spiro atoms. The van der Waals surface area contributed by atoms with Crippen molar-refractivity contribution < 1.29 is 5.11 Å². The fraction of sp³-hybridized carbons (Fsp3) is 0.400. The lowest BCUT2D eigenvalue weighted by atomic mass is 9.64. The maximum absolute atomic E-state index is 9.78. The quantitative estimate of drug-likeness (QED) is 0.888. The van der Waals surface area contributed by atoms with E-state index in [2.05, 4.69) is 36.3 Å². The second-order valence-corrected chi connectivity index (χ2v) is 5.79. The molecule has 1 aromatic carbocycles. The number of benzene rings is 1. The third-order valence-electron chi connectivity index (χ3n) is 4.21. The molecule has 1 saturated carbocycles. The highest BCUT2D eigenvalue weighted by Gasteiger charge is 2.47. The van der Waals surface area contributed by atoms with Crippen molar-refractivity contribution in [3.8, 4) is 5.69 Å². The molecule has 1 aliphatic carbocycles. The second kappa shape index (κ2) is 4.38. The molecule has 2 unspecified atom stereocenters. The molecule has 100 valence electrons. The summed E-state index contributed by atoms with van der Waals surface area (Å²) in [6.07, 6.45) is 6.09. The van der Waals surface area contributed by atoms with Crippen LogP contribution in [0.15, 0.2) is 43.0 Å². The Labute approximate surface area is 113 Å². The molecule has 0 amide bonds. The Kier molecular flexibility index (Phi) is 2.82. The lowest BCUT2D eigenvalue weighted by molar-refractivity contribution is -0.0510. The Morgan fingerprint density at radius 1 is 1.42 bits per heavy atom. The Bertz CT molecular complexity index is 563. The number of aromatic nitrogens is 2. The molecule has 3 rings (SSSR count). The van der Waals surface area contributed by atoms with Gasteiger partial charge in [-0.15, -0.1) is 0 Å². The first kappa shape index (κ1) is 12.2. The highest BCUT2D eigenvalue weighted by atomic mass is 16.3. The zero-order chi connectivity index (χ0) is 13.5. The molecule has 1 aromatic heterocycles. The van der Waals surface area contributed by atoms with Crippen LogP contribution < -0.4 is 5.32 Å². The number of nitrogens with one attached hydrogen (secondary N) is 1. The number of anilines is 1. The van der Waals surface area contributed by atoms with Crippen molar-refractivity contribution in [3.05, 3.63) is 43.0 Å². The minimum absolute atomic E-state index is 0.0645. The molecule has 2 aromatic rings. The molecule has 2 atom stereocenters. The maximum atomic E-state index is 9.78. The molecule has 0 bridgehead atoms. The number of nitrogens with zero attached hydrogens (tertiary/aromatic N) is 2. The van der Waals surface area contributed by atoms with Crippen LogP contribution in [0, 0.1) is 5.41 Å². The normalized spacial score (nSPS) is 24.8. The first-order valence-electron chi connectivity index (χ1n) is 6.60. The van der Waals surface area contributed by atoms with Gasteiger partial charge < -0.3 is 15.0 Å². The summed E-state index contributed by atoms with van der Waals surface area (Å²) in [5, 5.41) is 13.3. The van der Waals surface area contributed by atoms with E-state index in [1.807, 2.05) is 22.9 Å². The monoisotopic (exact) mass is 257 g/mol. The molecule has 1 heterocycles. The van der Waals surface area contributed by atoms with Gasteiger partial charge in [0.15, 0.2) is 0 Å². The van der Waals surface area contributed by atoms with Crippen LogP contribution in [0.25, 0.3) is 5.69 Å². The summed E-state index contributed by atoms with van der Waals surface area (Å²) in [6.45, 7) is 4.19. The van der Waals surface area contributed by atoms with Crippen molar-refractivity contribution in [1.29, 1.82) is 0 Å². The van der Waals surface area contributed by atoms with Gasteiger partial charge in [0.05, 0.1) is 12.4 Å². The lowest BCUT2D eigenvalue weighted by Crippen LogP contribution is -2.56. The molecule has 1 fully saturated rings. The zero-order valence-corrected chi connectivity index (χ0v) is 11.2. The first-order chi connectivity index (χ1) is 9.07. The van der Waals surface area contributed by atoms with Crippen LogP contribution in [0.1, 0.15) is 20.3 Å². The van der Waals surface area contributed by atoms with Crippen molar-refractivity contribution in [2.24, 2.45) is 5.41 Å². The third kappa shape index (κ3) is 2.12. The number of aliphatic hydroxyl groups is 1. The van der Waals surface area contributed by atoms with Crippen LogP contribution in [0.3, 0.4) is 0 Å². The Morgan fingerprint density at radius 2 is 2.26 bits per heavy atom. The van der Waals surface area contributed by atoms with Gasteiger partial charge in [-0.3, -0.25) is 0 Å². The minimum atomic E-state index is -0.207. The summed E-state index contributed by atoms with van der Waals surface area (Å²) in [5.74, 6) is 0. The summed E-state index contributed by atoms with van der Waals surface area (Å²) < 4.78 is 1.98. The third-order valence-corrected chi connectivity index (χ3v) is 4.21. The molecular formula is C15H19N3O. The average molecular weight is 257 g/mol. The molecule has 2 N–H and O–H groups in total. The summed E-state index contributed by atoms with van der Waals surface area (Å²) in [4.78, 5) is 4.06.